The van der Waals surface area contributed by atoms with Gasteiger partial charge in [0.2, 0.25) is 0 Å². The fourth-order valence-electron chi connectivity index (χ4n) is 1.43. The molecule has 1 rings (SSSR count). The standard InChI is InChI=1S/C12H19IN2O2/c1-5-17-7-6-8-14-10(12(2,3)4)9(13)11(16)15-8/h5-7H2,1-4H3,(H,14,15,16). The molecule has 0 bridgehead atoms. The largest absolute Gasteiger partial charge is 0.381 e. The molecule has 0 radical (unpaired) electrons. The number of halogens is 1. The molecule has 96 valence electrons. The number of ether oxygens (including phenoxy) is 1. The first kappa shape index (κ1) is 14.6. The van der Waals surface area contributed by atoms with Gasteiger partial charge in [0.15, 0.2) is 0 Å². The minimum atomic E-state index is -0.120. The highest BCUT2D eigenvalue weighted by Crippen LogP contribution is 2.22. The zero-order valence-corrected chi connectivity index (χ0v) is 12.9. The van der Waals surface area contributed by atoms with Crippen LogP contribution in [0.4, 0.5) is 0 Å². The molecule has 1 heterocycles. The first-order chi connectivity index (χ1) is 7.86. The molecule has 0 aliphatic rings. The number of hydrogen-bond donors (Lipinski definition) is 1. The molecule has 0 aromatic carbocycles. The summed E-state index contributed by atoms with van der Waals surface area (Å²) in [5.41, 5.74) is 0.677. The molecule has 0 saturated carbocycles. The third kappa shape index (κ3) is 4.06. The van der Waals surface area contributed by atoms with Gasteiger partial charge >= 0.3 is 0 Å². The highest BCUT2D eigenvalue weighted by Gasteiger charge is 2.21. The van der Waals surface area contributed by atoms with Gasteiger partial charge in [-0.1, -0.05) is 20.8 Å². The van der Waals surface area contributed by atoms with E-state index < -0.39 is 0 Å². The summed E-state index contributed by atoms with van der Waals surface area (Å²) in [5.74, 6) is 0.703. The molecule has 0 spiro atoms. The van der Waals surface area contributed by atoms with Crippen molar-refractivity contribution in [3.05, 3.63) is 25.4 Å². The van der Waals surface area contributed by atoms with Crippen LogP contribution in [0.25, 0.3) is 0 Å². The molecule has 17 heavy (non-hydrogen) atoms. The Morgan fingerprint density at radius 1 is 1.41 bits per heavy atom. The van der Waals surface area contributed by atoms with Crippen LogP contribution in [0, 0.1) is 3.57 Å². The van der Waals surface area contributed by atoms with E-state index in [0.29, 0.717) is 29.0 Å². The normalized spacial score (nSPS) is 11.8. The maximum atomic E-state index is 11.8. The SMILES string of the molecule is CCOCCc1nc(C(C)(C)C)c(I)c(=O)[nH]1. The summed E-state index contributed by atoms with van der Waals surface area (Å²) in [7, 11) is 0. The van der Waals surface area contributed by atoms with Crippen LogP contribution in [0.5, 0.6) is 0 Å². The maximum absolute atomic E-state index is 11.8. The molecule has 0 amide bonds. The number of nitrogens with one attached hydrogen (secondary N) is 1. The van der Waals surface area contributed by atoms with Crippen LogP contribution in [-0.4, -0.2) is 23.2 Å². The molecule has 0 saturated heterocycles. The number of hydrogen-bond acceptors (Lipinski definition) is 3. The Hall–Kier alpha value is -0.430. The lowest BCUT2D eigenvalue weighted by atomic mass is 9.92. The quantitative estimate of drug-likeness (QED) is 0.670. The van der Waals surface area contributed by atoms with Gasteiger partial charge in [-0.05, 0) is 29.5 Å². The van der Waals surface area contributed by atoms with E-state index in [0.717, 1.165) is 5.69 Å². The van der Waals surface area contributed by atoms with Crippen molar-refractivity contribution in [2.24, 2.45) is 0 Å². The number of aromatic nitrogens is 2. The predicted molar refractivity (Wildman–Crippen MR) is 76.5 cm³/mol. The van der Waals surface area contributed by atoms with E-state index in [1.54, 1.807) is 0 Å². The molecule has 0 unspecified atom stereocenters. The highest BCUT2D eigenvalue weighted by molar-refractivity contribution is 14.1. The zero-order chi connectivity index (χ0) is 13.1. The Morgan fingerprint density at radius 3 is 2.59 bits per heavy atom. The second-order valence-electron chi connectivity index (χ2n) is 4.87. The molecule has 0 aliphatic carbocycles. The minimum Gasteiger partial charge on any atom is -0.381 e. The lowest BCUT2D eigenvalue weighted by Crippen LogP contribution is -2.26. The van der Waals surface area contributed by atoms with E-state index in [1.165, 1.54) is 0 Å². The molecule has 4 nitrogen and oxygen atoms in total. The predicted octanol–water partition coefficient (Wildman–Crippen LogP) is 2.25. The van der Waals surface area contributed by atoms with Crippen molar-refractivity contribution in [1.82, 2.24) is 9.97 Å². The fraction of sp³-hybridized carbons (Fsp3) is 0.667. The molecular formula is C12H19IN2O2. The van der Waals surface area contributed by atoms with Crippen molar-refractivity contribution in [1.29, 1.82) is 0 Å². The van der Waals surface area contributed by atoms with Gasteiger partial charge in [-0.2, -0.15) is 0 Å². The Labute approximate surface area is 115 Å². The van der Waals surface area contributed by atoms with Gasteiger partial charge in [0.05, 0.1) is 12.3 Å². The van der Waals surface area contributed by atoms with E-state index in [1.807, 2.05) is 6.92 Å². The van der Waals surface area contributed by atoms with Gasteiger partial charge in [0.1, 0.15) is 9.39 Å². The summed E-state index contributed by atoms with van der Waals surface area (Å²) in [6, 6.07) is 0. The summed E-state index contributed by atoms with van der Waals surface area (Å²) in [6.45, 7) is 9.39. The first-order valence-corrected chi connectivity index (χ1v) is 6.81. The monoisotopic (exact) mass is 350 g/mol. The Bertz CT molecular complexity index is 435. The van der Waals surface area contributed by atoms with Gasteiger partial charge in [-0.15, -0.1) is 0 Å². The van der Waals surface area contributed by atoms with Crippen LogP contribution < -0.4 is 5.56 Å². The first-order valence-electron chi connectivity index (χ1n) is 5.73. The van der Waals surface area contributed by atoms with E-state index in [9.17, 15) is 4.79 Å². The molecule has 0 aliphatic heterocycles. The highest BCUT2D eigenvalue weighted by atomic mass is 127. The summed E-state index contributed by atoms with van der Waals surface area (Å²) < 4.78 is 5.95. The number of H-pyrrole nitrogens is 1. The van der Waals surface area contributed by atoms with Gasteiger partial charge in [0.25, 0.3) is 5.56 Å². The fourth-order valence-corrected chi connectivity index (χ4v) is 2.50. The van der Waals surface area contributed by atoms with Crippen LogP contribution in [0.1, 0.15) is 39.2 Å². The summed E-state index contributed by atoms with van der Waals surface area (Å²) in [5, 5.41) is 0. The van der Waals surface area contributed by atoms with Crippen LogP contribution in [0.15, 0.2) is 4.79 Å². The third-order valence-electron chi connectivity index (χ3n) is 2.31. The smallest absolute Gasteiger partial charge is 0.264 e. The van der Waals surface area contributed by atoms with Crippen molar-refractivity contribution in [2.45, 2.75) is 39.5 Å². The Kier molecular flexibility index (Phi) is 5.12. The van der Waals surface area contributed by atoms with Crippen LogP contribution in [0.3, 0.4) is 0 Å². The third-order valence-corrected chi connectivity index (χ3v) is 3.31. The summed E-state index contributed by atoms with van der Waals surface area (Å²) in [6.07, 6.45) is 0.642. The average molecular weight is 350 g/mol. The van der Waals surface area contributed by atoms with Gasteiger partial charge < -0.3 is 9.72 Å². The van der Waals surface area contributed by atoms with E-state index in [-0.39, 0.29) is 11.0 Å². The van der Waals surface area contributed by atoms with Crippen LogP contribution >= 0.6 is 22.6 Å². The molecule has 1 N–H and O–H groups in total. The summed E-state index contributed by atoms with van der Waals surface area (Å²) in [4.78, 5) is 19.1. The topological polar surface area (TPSA) is 55.0 Å². The van der Waals surface area contributed by atoms with Gasteiger partial charge in [0, 0.05) is 18.4 Å². The molecular weight excluding hydrogens is 331 g/mol. The van der Waals surface area contributed by atoms with Crippen molar-refractivity contribution in [3.63, 3.8) is 0 Å². The van der Waals surface area contributed by atoms with E-state index >= 15 is 0 Å². The van der Waals surface area contributed by atoms with Gasteiger partial charge in [-0.3, -0.25) is 4.79 Å². The second-order valence-corrected chi connectivity index (χ2v) is 5.95. The Balaban J connectivity index is 3.03. The van der Waals surface area contributed by atoms with Crippen LogP contribution in [0.2, 0.25) is 0 Å². The van der Waals surface area contributed by atoms with Gasteiger partial charge in [-0.25, -0.2) is 4.98 Å². The van der Waals surface area contributed by atoms with E-state index in [2.05, 4.69) is 53.3 Å². The number of nitrogens with zero attached hydrogens (tertiary/aromatic N) is 1. The molecule has 0 fully saturated rings. The molecule has 1 aromatic rings. The number of rotatable bonds is 4. The second kappa shape index (κ2) is 5.95. The lowest BCUT2D eigenvalue weighted by Gasteiger charge is -2.19. The van der Waals surface area contributed by atoms with E-state index in [4.69, 9.17) is 4.74 Å². The Morgan fingerprint density at radius 2 is 2.06 bits per heavy atom. The van der Waals surface area contributed by atoms with Crippen molar-refractivity contribution < 1.29 is 4.74 Å². The molecule has 1 aromatic heterocycles. The lowest BCUT2D eigenvalue weighted by molar-refractivity contribution is 0.149. The zero-order valence-electron chi connectivity index (χ0n) is 10.8. The van der Waals surface area contributed by atoms with Crippen LogP contribution in [-0.2, 0) is 16.6 Å². The number of aromatic amines is 1. The average Bonchev–Trinajstić information content (AvgIpc) is 2.21. The molecule has 5 heteroatoms. The summed E-state index contributed by atoms with van der Waals surface area (Å²) >= 11 is 2.05. The van der Waals surface area contributed by atoms with Crippen molar-refractivity contribution in [3.8, 4) is 0 Å². The maximum Gasteiger partial charge on any atom is 0.264 e. The molecule has 0 atom stereocenters. The minimum absolute atomic E-state index is 0.0583. The van der Waals surface area contributed by atoms with Crippen molar-refractivity contribution in [2.75, 3.05) is 13.2 Å². The van der Waals surface area contributed by atoms with Crippen molar-refractivity contribution >= 4 is 22.6 Å².